The van der Waals surface area contributed by atoms with E-state index >= 15 is 0 Å². The monoisotopic (exact) mass is 368 g/mol. The van der Waals surface area contributed by atoms with Crippen molar-refractivity contribution in [2.75, 3.05) is 18.2 Å². The third-order valence-corrected chi connectivity index (χ3v) is 5.29. The molecule has 1 aromatic rings. The van der Waals surface area contributed by atoms with Gasteiger partial charge in [-0.1, -0.05) is 6.42 Å². The average molecular weight is 368 g/mol. The van der Waals surface area contributed by atoms with Crippen LogP contribution in [0.2, 0.25) is 0 Å². The maximum Gasteiger partial charge on any atom is 0.338 e. The van der Waals surface area contributed by atoms with Crippen molar-refractivity contribution in [3.8, 4) is 0 Å². The molecule has 1 amide bonds. The molecule has 1 fully saturated rings. The van der Waals surface area contributed by atoms with E-state index in [2.05, 4.69) is 5.32 Å². The third kappa shape index (κ3) is 5.27. The summed E-state index contributed by atoms with van der Waals surface area (Å²) in [5.41, 5.74) is 6.26. The Kier molecular flexibility index (Phi) is 6.18. The van der Waals surface area contributed by atoms with Crippen LogP contribution in [0.3, 0.4) is 0 Å². The molecule has 0 aliphatic heterocycles. The predicted molar refractivity (Wildman–Crippen MR) is 94.1 cm³/mol. The molecule has 25 heavy (non-hydrogen) atoms. The van der Waals surface area contributed by atoms with Gasteiger partial charge in [0.2, 0.25) is 5.91 Å². The Hall–Kier alpha value is -1.93. The number of ether oxygens (including phenoxy) is 1. The van der Waals surface area contributed by atoms with E-state index in [4.69, 9.17) is 10.5 Å². The number of amides is 1. The summed E-state index contributed by atoms with van der Waals surface area (Å²) in [6, 6.07) is 4.02. The van der Waals surface area contributed by atoms with E-state index in [0.29, 0.717) is 6.42 Å². The van der Waals surface area contributed by atoms with Crippen LogP contribution >= 0.6 is 0 Å². The summed E-state index contributed by atoms with van der Waals surface area (Å²) in [4.78, 5) is 24.4. The molecule has 2 atom stereocenters. The molecule has 1 aliphatic rings. The number of benzene rings is 1. The van der Waals surface area contributed by atoms with Gasteiger partial charge in [-0.3, -0.25) is 4.79 Å². The summed E-state index contributed by atoms with van der Waals surface area (Å²) in [5.74, 6) is -1.06. The number of carbonyl (C=O) groups is 2. The summed E-state index contributed by atoms with van der Waals surface area (Å²) >= 11 is 0. The maximum atomic E-state index is 12.4. The van der Waals surface area contributed by atoms with Crippen LogP contribution in [0, 0.1) is 5.92 Å². The van der Waals surface area contributed by atoms with Crippen molar-refractivity contribution >= 4 is 27.4 Å². The largest absolute Gasteiger partial charge is 0.462 e. The molecule has 138 valence electrons. The molecular formula is C17H24N2O5S. The summed E-state index contributed by atoms with van der Waals surface area (Å²) < 4.78 is 28.7. The fraction of sp³-hybridized carbons (Fsp3) is 0.529. The van der Waals surface area contributed by atoms with Gasteiger partial charge in [-0.15, -0.1) is 0 Å². The molecule has 0 radical (unpaired) electrons. The number of hydrogen-bond acceptors (Lipinski definition) is 6. The molecule has 0 bridgehead atoms. The lowest BCUT2D eigenvalue weighted by Gasteiger charge is -2.25. The zero-order chi connectivity index (χ0) is 18.6. The highest BCUT2D eigenvalue weighted by molar-refractivity contribution is 7.90. The zero-order valence-electron chi connectivity index (χ0n) is 14.4. The molecule has 2 rings (SSSR count). The van der Waals surface area contributed by atoms with Crippen molar-refractivity contribution in [3.05, 3.63) is 23.8 Å². The minimum absolute atomic E-state index is 0.00180. The lowest BCUT2D eigenvalue weighted by molar-refractivity contribution is -0.120. The Morgan fingerprint density at radius 2 is 2.00 bits per heavy atom. The highest BCUT2D eigenvalue weighted by atomic mass is 32.2. The van der Waals surface area contributed by atoms with Crippen LogP contribution in [0.4, 0.5) is 5.69 Å². The minimum atomic E-state index is -3.54. The van der Waals surface area contributed by atoms with E-state index < -0.39 is 15.8 Å². The van der Waals surface area contributed by atoms with Crippen molar-refractivity contribution in [1.82, 2.24) is 0 Å². The predicted octanol–water partition coefficient (Wildman–Crippen LogP) is 1.72. The summed E-state index contributed by atoms with van der Waals surface area (Å²) in [6.45, 7) is 1.83. The van der Waals surface area contributed by atoms with Crippen molar-refractivity contribution in [1.29, 1.82) is 0 Å². The van der Waals surface area contributed by atoms with E-state index in [1.54, 1.807) is 6.92 Å². The fourth-order valence-corrected chi connectivity index (χ4v) is 3.61. The first kappa shape index (κ1) is 19.4. The molecule has 8 heteroatoms. The Balaban J connectivity index is 2.28. The molecule has 0 aromatic heterocycles. The smallest absolute Gasteiger partial charge is 0.338 e. The van der Waals surface area contributed by atoms with Crippen LogP contribution in [0.25, 0.3) is 0 Å². The van der Waals surface area contributed by atoms with Gasteiger partial charge in [0.25, 0.3) is 0 Å². The molecule has 0 saturated heterocycles. The lowest BCUT2D eigenvalue weighted by Crippen LogP contribution is -2.34. The average Bonchev–Trinajstić information content (AvgIpc) is 2.54. The fourth-order valence-electron chi connectivity index (χ4n) is 2.93. The molecule has 3 N–H and O–H groups in total. The Bertz CT molecular complexity index is 760. The first-order valence-corrected chi connectivity index (χ1v) is 10.2. The Morgan fingerprint density at radius 1 is 1.28 bits per heavy atom. The summed E-state index contributed by atoms with van der Waals surface area (Å²) in [6.07, 6.45) is 4.18. The second-order valence-electron chi connectivity index (χ2n) is 6.35. The van der Waals surface area contributed by atoms with E-state index in [9.17, 15) is 18.0 Å². The maximum absolute atomic E-state index is 12.4. The van der Waals surface area contributed by atoms with Gasteiger partial charge >= 0.3 is 5.97 Å². The SMILES string of the molecule is CCOC(=O)c1cc(NC(=O)C2CCCC(N)C2)cc(S(C)(=O)=O)c1. The molecular weight excluding hydrogens is 344 g/mol. The molecule has 2 unspecified atom stereocenters. The zero-order valence-corrected chi connectivity index (χ0v) is 15.3. The first-order chi connectivity index (χ1) is 11.7. The van der Waals surface area contributed by atoms with Crippen LogP contribution in [-0.4, -0.2) is 39.2 Å². The van der Waals surface area contributed by atoms with Gasteiger partial charge in [-0.05, 0) is 44.4 Å². The minimum Gasteiger partial charge on any atom is -0.462 e. The highest BCUT2D eigenvalue weighted by Crippen LogP contribution is 2.26. The van der Waals surface area contributed by atoms with Crippen LogP contribution in [0.5, 0.6) is 0 Å². The Morgan fingerprint density at radius 3 is 2.60 bits per heavy atom. The van der Waals surface area contributed by atoms with E-state index in [-0.39, 0.29) is 40.6 Å². The number of esters is 1. The first-order valence-electron chi connectivity index (χ1n) is 8.29. The number of nitrogens with one attached hydrogen (secondary N) is 1. The van der Waals surface area contributed by atoms with Crippen LogP contribution in [-0.2, 0) is 19.4 Å². The molecule has 0 spiro atoms. The summed E-state index contributed by atoms with van der Waals surface area (Å²) in [7, 11) is -3.54. The van der Waals surface area contributed by atoms with E-state index in [1.807, 2.05) is 0 Å². The number of nitrogens with two attached hydrogens (primary N) is 1. The number of hydrogen-bond donors (Lipinski definition) is 2. The third-order valence-electron chi connectivity index (χ3n) is 4.20. The topological polar surface area (TPSA) is 116 Å². The molecule has 0 heterocycles. The van der Waals surface area contributed by atoms with Crippen LogP contribution in [0.15, 0.2) is 23.1 Å². The van der Waals surface area contributed by atoms with Crippen LogP contribution < -0.4 is 11.1 Å². The Labute approximate surface area is 147 Å². The number of rotatable bonds is 5. The highest BCUT2D eigenvalue weighted by Gasteiger charge is 2.26. The van der Waals surface area contributed by atoms with Gasteiger partial charge in [0.05, 0.1) is 17.1 Å². The number of carbonyl (C=O) groups excluding carboxylic acids is 2. The second-order valence-corrected chi connectivity index (χ2v) is 8.37. The van der Waals surface area contributed by atoms with Gasteiger partial charge in [0.1, 0.15) is 0 Å². The number of anilines is 1. The standard InChI is InChI=1S/C17H24N2O5S/c1-3-24-17(21)12-8-14(10-15(9-12)25(2,22)23)19-16(20)11-5-4-6-13(18)7-11/h8-11,13H,3-7,18H2,1-2H3,(H,19,20). The van der Waals surface area contributed by atoms with Crippen molar-refractivity contribution in [3.63, 3.8) is 0 Å². The molecule has 1 saturated carbocycles. The van der Waals surface area contributed by atoms with Gasteiger partial charge < -0.3 is 15.8 Å². The van der Waals surface area contributed by atoms with E-state index in [1.165, 1.54) is 18.2 Å². The van der Waals surface area contributed by atoms with Crippen LogP contribution in [0.1, 0.15) is 43.0 Å². The molecule has 1 aromatic carbocycles. The second kappa shape index (κ2) is 7.97. The normalized spacial score (nSPS) is 20.8. The van der Waals surface area contributed by atoms with Crippen molar-refractivity contribution < 1.29 is 22.7 Å². The summed E-state index contributed by atoms with van der Waals surface area (Å²) in [5, 5.41) is 2.72. The number of sulfone groups is 1. The lowest BCUT2D eigenvalue weighted by atomic mass is 9.85. The van der Waals surface area contributed by atoms with Crippen molar-refractivity contribution in [2.45, 2.75) is 43.5 Å². The van der Waals surface area contributed by atoms with E-state index in [0.717, 1.165) is 25.5 Å². The molecule has 7 nitrogen and oxygen atoms in total. The molecule has 1 aliphatic carbocycles. The quantitative estimate of drug-likeness (QED) is 0.765. The van der Waals surface area contributed by atoms with Gasteiger partial charge in [0, 0.05) is 23.9 Å². The van der Waals surface area contributed by atoms with Crippen molar-refractivity contribution in [2.24, 2.45) is 11.7 Å². The van der Waals surface area contributed by atoms with Gasteiger partial charge in [-0.2, -0.15) is 0 Å². The van der Waals surface area contributed by atoms with Gasteiger partial charge in [-0.25, -0.2) is 13.2 Å². The van der Waals surface area contributed by atoms with Gasteiger partial charge in [0.15, 0.2) is 9.84 Å².